The van der Waals surface area contributed by atoms with Crippen molar-refractivity contribution >= 4 is 23.5 Å². The van der Waals surface area contributed by atoms with Gasteiger partial charge in [-0.3, -0.25) is 9.88 Å². The summed E-state index contributed by atoms with van der Waals surface area (Å²) in [7, 11) is 0. The molecular weight excluding hydrogens is 422 g/mol. The summed E-state index contributed by atoms with van der Waals surface area (Å²) in [4.78, 5) is 30.2. The third kappa shape index (κ3) is 7.04. The van der Waals surface area contributed by atoms with Crippen molar-refractivity contribution in [2.45, 2.75) is 50.4 Å². The second kappa shape index (κ2) is 10.9. The van der Waals surface area contributed by atoms with E-state index in [1.165, 1.54) is 18.4 Å². The zero-order valence-corrected chi connectivity index (χ0v) is 17.6. The number of carboxylic acids is 2. The Morgan fingerprint density at radius 3 is 2.29 bits per heavy atom. The Labute approximate surface area is 185 Å². The van der Waals surface area contributed by atoms with Gasteiger partial charge >= 0.3 is 11.9 Å². The predicted octanol–water partition coefficient (Wildman–Crippen LogP) is 3.42. The average Bonchev–Trinajstić information content (AvgIpc) is 2.97. The van der Waals surface area contributed by atoms with Gasteiger partial charge in [-0.05, 0) is 43.4 Å². The van der Waals surface area contributed by atoms with Crippen molar-refractivity contribution in [3.05, 3.63) is 65.6 Å². The maximum absolute atomic E-state index is 9.55. The number of ether oxygens (including phenoxy) is 1. The maximum Gasteiger partial charge on any atom is 0.328 e. The summed E-state index contributed by atoms with van der Waals surface area (Å²) in [5.74, 6) is -1.83. The molecule has 8 nitrogen and oxygen atoms in total. The Kier molecular flexibility index (Phi) is 7.97. The number of nitrogens with zero attached hydrogens (tertiary/aromatic N) is 3. The molecule has 2 aliphatic rings. The first-order valence-electron chi connectivity index (χ1n) is 9.97. The van der Waals surface area contributed by atoms with Crippen LogP contribution in [0, 0.1) is 0 Å². The van der Waals surface area contributed by atoms with Crippen LogP contribution >= 0.6 is 11.6 Å². The summed E-state index contributed by atoms with van der Waals surface area (Å²) in [6, 6.07) is 9.06. The van der Waals surface area contributed by atoms with Crippen LogP contribution in [0.3, 0.4) is 0 Å². The van der Waals surface area contributed by atoms with E-state index in [4.69, 9.17) is 26.6 Å². The molecule has 0 saturated carbocycles. The van der Waals surface area contributed by atoms with Crippen LogP contribution in [0.15, 0.2) is 55.0 Å². The summed E-state index contributed by atoms with van der Waals surface area (Å²) in [6.45, 7) is 0.995. The minimum Gasteiger partial charge on any atom is -0.478 e. The minimum atomic E-state index is -1.26. The largest absolute Gasteiger partial charge is 0.478 e. The van der Waals surface area contributed by atoms with Gasteiger partial charge in [-0.2, -0.15) is 0 Å². The normalized spacial score (nSPS) is 22.5. The molecule has 2 bridgehead atoms. The molecule has 0 spiro atoms. The SMILES string of the molecule is Clc1ccc(OC2CC3CCC(C2)N3Cc2cccnc2)nc1.O=C(O)/C=C/C(=O)O. The van der Waals surface area contributed by atoms with Crippen molar-refractivity contribution in [3.63, 3.8) is 0 Å². The fourth-order valence-electron chi connectivity index (χ4n) is 4.03. The monoisotopic (exact) mass is 445 g/mol. The van der Waals surface area contributed by atoms with Gasteiger partial charge in [0.1, 0.15) is 6.10 Å². The van der Waals surface area contributed by atoms with Crippen LogP contribution in [-0.2, 0) is 16.1 Å². The summed E-state index contributed by atoms with van der Waals surface area (Å²) in [5.41, 5.74) is 1.29. The molecule has 0 aromatic carbocycles. The van der Waals surface area contributed by atoms with Crippen molar-refractivity contribution in [2.24, 2.45) is 0 Å². The molecule has 0 radical (unpaired) electrons. The Morgan fingerprint density at radius 2 is 1.77 bits per heavy atom. The lowest BCUT2D eigenvalue weighted by Gasteiger charge is -2.38. The first kappa shape index (κ1) is 22.7. The van der Waals surface area contributed by atoms with Crippen LogP contribution in [0.4, 0.5) is 0 Å². The second-order valence-corrected chi connectivity index (χ2v) is 7.89. The molecule has 31 heavy (non-hydrogen) atoms. The number of halogens is 1. The van der Waals surface area contributed by atoms with Crippen LogP contribution in [-0.4, -0.2) is 55.2 Å². The van der Waals surface area contributed by atoms with Gasteiger partial charge in [0, 0.05) is 55.4 Å². The van der Waals surface area contributed by atoms with E-state index in [1.807, 2.05) is 30.6 Å². The van der Waals surface area contributed by atoms with E-state index < -0.39 is 11.9 Å². The molecule has 2 saturated heterocycles. The van der Waals surface area contributed by atoms with Crippen LogP contribution in [0.1, 0.15) is 31.2 Å². The second-order valence-electron chi connectivity index (χ2n) is 7.45. The Balaban J connectivity index is 0.000000293. The topological polar surface area (TPSA) is 113 Å². The Hall–Kier alpha value is -2.97. The first-order valence-corrected chi connectivity index (χ1v) is 10.4. The van der Waals surface area contributed by atoms with Gasteiger partial charge in [-0.15, -0.1) is 0 Å². The minimum absolute atomic E-state index is 0.256. The van der Waals surface area contributed by atoms with E-state index >= 15 is 0 Å². The molecule has 9 heteroatoms. The fourth-order valence-corrected chi connectivity index (χ4v) is 4.14. The van der Waals surface area contributed by atoms with E-state index in [1.54, 1.807) is 6.20 Å². The third-order valence-corrected chi connectivity index (χ3v) is 5.51. The number of fused-ring (bicyclic) bond motifs is 2. The number of hydrogen-bond donors (Lipinski definition) is 2. The van der Waals surface area contributed by atoms with E-state index in [-0.39, 0.29) is 6.10 Å². The number of carbonyl (C=O) groups is 2. The van der Waals surface area contributed by atoms with Gasteiger partial charge in [0.25, 0.3) is 0 Å². The summed E-state index contributed by atoms with van der Waals surface area (Å²) in [5, 5.41) is 16.3. The third-order valence-electron chi connectivity index (χ3n) is 5.29. The van der Waals surface area contributed by atoms with Crippen molar-refractivity contribution in [1.82, 2.24) is 14.9 Å². The van der Waals surface area contributed by atoms with Gasteiger partial charge in [0.15, 0.2) is 0 Å². The summed E-state index contributed by atoms with van der Waals surface area (Å²) in [6.07, 6.45) is 11.5. The molecule has 0 aliphatic carbocycles. The number of rotatable bonds is 6. The first-order chi connectivity index (χ1) is 14.9. The van der Waals surface area contributed by atoms with Gasteiger partial charge in [-0.25, -0.2) is 14.6 Å². The van der Waals surface area contributed by atoms with Crippen LogP contribution < -0.4 is 4.74 Å². The highest BCUT2D eigenvalue weighted by Gasteiger charge is 2.41. The number of carboxylic acid groups (broad SMARTS) is 2. The smallest absolute Gasteiger partial charge is 0.328 e. The van der Waals surface area contributed by atoms with Gasteiger partial charge in [0.05, 0.1) is 5.02 Å². The molecule has 2 fully saturated rings. The molecule has 164 valence electrons. The van der Waals surface area contributed by atoms with Gasteiger partial charge < -0.3 is 14.9 Å². The van der Waals surface area contributed by atoms with E-state index in [0.29, 0.717) is 35.1 Å². The molecular formula is C22H24ClN3O5. The van der Waals surface area contributed by atoms with Crippen molar-refractivity contribution in [1.29, 1.82) is 0 Å². The molecule has 2 N–H and O–H groups in total. The quantitative estimate of drug-likeness (QED) is 0.650. The lowest BCUT2D eigenvalue weighted by Crippen LogP contribution is -2.45. The highest BCUT2D eigenvalue weighted by Crippen LogP contribution is 2.38. The van der Waals surface area contributed by atoms with Crippen LogP contribution in [0.2, 0.25) is 5.02 Å². The molecule has 4 heterocycles. The predicted molar refractivity (Wildman–Crippen MR) is 114 cm³/mol. The zero-order valence-electron chi connectivity index (χ0n) is 16.8. The van der Waals surface area contributed by atoms with E-state index in [2.05, 4.69) is 20.9 Å². The molecule has 0 amide bonds. The maximum atomic E-state index is 9.55. The van der Waals surface area contributed by atoms with E-state index in [0.717, 1.165) is 19.4 Å². The van der Waals surface area contributed by atoms with Crippen molar-refractivity contribution < 1.29 is 24.5 Å². The Morgan fingerprint density at radius 1 is 1.10 bits per heavy atom. The number of pyridine rings is 2. The lowest BCUT2D eigenvalue weighted by molar-refractivity contribution is -0.134. The highest BCUT2D eigenvalue weighted by molar-refractivity contribution is 6.30. The molecule has 2 aliphatic heterocycles. The van der Waals surface area contributed by atoms with Gasteiger partial charge in [-0.1, -0.05) is 17.7 Å². The van der Waals surface area contributed by atoms with Crippen molar-refractivity contribution in [2.75, 3.05) is 0 Å². The van der Waals surface area contributed by atoms with Crippen LogP contribution in [0.25, 0.3) is 0 Å². The highest BCUT2D eigenvalue weighted by atomic mass is 35.5. The molecule has 2 aromatic heterocycles. The average molecular weight is 446 g/mol. The number of aromatic nitrogens is 2. The molecule has 2 unspecified atom stereocenters. The molecule has 4 rings (SSSR count). The zero-order chi connectivity index (χ0) is 22.2. The fraction of sp³-hybridized carbons (Fsp3) is 0.364. The number of hydrogen-bond acceptors (Lipinski definition) is 6. The van der Waals surface area contributed by atoms with Gasteiger partial charge in [0.2, 0.25) is 5.88 Å². The number of aliphatic carboxylic acids is 2. The van der Waals surface area contributed by atoms with Crippen molar-refractivity contribution in [3.8, 4) is 5.88 Å². The van der Waals surface area contributed by atoms with E-state index in [9.17, 15) is 9.59 Å². The van der Waals surface area contributed by atoms with Crippen LogP contribution in [0.5, 0.6) is 5.88 Å². The molecule has 2 aromatic rings. The standard InChI is InChI=1S/C18H20ClN3O.C4H4O4/c19-14-3-6-18(21-11-14)23-17-8-15-4-5-16(9-17)22(15)12-13-2-1-7-20-10-13;5-3(6)1-2-4(7)8/h1-3,6-7,10-11,15-17H,4-5,8-9,12H2;1-2H,(H,5,6)(H,7,8)/b;2-1+. The Bertz CT molecular complexity index is 877. The molecule has 2 atom stereocenters. The summed E-state index contributed by atoms with van der Waals surface area (Å²) >= 11 is 5.88. The number of piperidine rings is 1. The lowest BCUT2D eigenvalue weighted by atomic mass is 9.99. The summed E-state index contributed by atoms with van der Waals surface area (Å²) < 4.78 is 6.08.